The number of benzene rings is 1. The molecule has 0 aliphatic rings. The molecular weight excluding hydrogens is 298 g/mol. The van der Waals surface area contributed by atoms with Gasteiger partial charge >= 0.3 is 0 Å². The van der Waals surface area contributed by atoms with E-state index in [1.54, 1.807) is 10.9 Å². The van der Waals surface area contributed by atoms with E-state index in [2.05, 4.69) is 21.8 Å². The van der Waals surface area contributed by atoms with Crippen molar-refractivity contribution < 1.29 is 4.79 Å². The van der Waals surface area contributed by atoms with Crippen LogP contribution in [0.2, 0.25) is 0 Å². The smallest absolute Gasteiger partial charge is 0.271 e. The predicted molar refractivity (Wildman–Crippen MR) is 92.2 cm³/mol. The summed E-state index contributed by atoms with van der Waals surface area (Å²) in [5.41, 5.74) is 9.17. The molecule has 0 bridgehead atoms. The van der Waals surface area contributed by atoms with Crippen LogP contribution in [0.15, 0.2) is 24.4 Å². The minimum atomic E-state index is -0.594. The maximum Gasteiger partial charge on any atom is 0.271 e. The Kier molecular flexibility index (Phi) is 4.77. The zero-order valence-electron chi connectivity index (χ0n) is 12.8. The van der Waals surface area contributed by atoms with Crippen LogP contribution in [-0.2, 0) is 6.54 Å². The minimum absolute atomic E-state index is 0.173. The molecule has 0 spiro atoms. The van der Waals surface area contributed by atoms with Crippen molar-refractivity contribution in [3.05, 3.63) is 41.2 Å². The zero-order chi connectivity index (χ0) is 16.3. The quantitative estimate of drug-likeness (QED) is 0.754. The van der Waals surface area contributed by atoms with Crippen LogP contribution in [0.4, 0.5) is 11.4 Å². The normalized spacial score (nSPS) is 10.3. The molecule has 0 radical (unpaired) electrons. The van der Waals surface area contributed by atoms with Crippen LogP contribution in [0.5, 0.6) is 0 Å². The fraction of sp³-hybridized carbons (Fsp3) is 0.267. The highest BCUT2D eigenvalue weighted by Crippen LogP contribution is 2.16. The van der Waals surface area contributed by atoms with Crippen LogP contribution in [0.3, 0.4) is 0 Å². The van der Waals surface area contributed by atoms with Crippen molar-refractivity contribution in [1.29, 1.82) is 0 Å². The van der Waals surface area contributed by atoms with Crippen LogP contribution in [0.1, 0.15) is 28.5 Å². The lowest BCUT2D eigenvalue weighted by molar-refractivity contribution is 0.0995. The van der Waals surface area contributed by atoms with E-state index in [-0.39, 0.29) is 5.69 Å². The van der Waals surface area contributed by atoms with Gasteiger partial charge in [-0.05, 0) is 56.2 Å². The topological polar surface area (TPSA) is 85.0 Å². The summed E-state index contributed by atoms with van der Waals surface area (Å²) in [5, 5.41) is 10.6. The van der Waals surface area contributed by atoms with Crippen molar-refractivity contribution in [2.45, 2.75) is 27.3 Å². The Morgan fingerprint density at radius 2 is 1.91 bits per heavy atom. The first kappa shape index (κ1) is 16.0. The molecule has 7 heteroatoms. The van der Waals surface area contributed by atoms with Crippen molar-refractivity contribution in [3.8, 4) is 0 Å². The number of aryl methyl sites for hydroxylation is 3. The standard InChI is InChI=1S/C15H19N5OS/c1-4-20-8-12(13(19-20)14(16)21)18-15(22)17-11-6-9(2)5-10(3)7-11/h5-8H,4H2,1-3H3,(H2,16,21)(H2,17,18,22). The highest BCUT2D eigenvalue weighted by atomic mass is 32.1. The molecule has 4 N–H and O–H groups in total. The van der Waals surface area contributed by atoms with Gasteiger partial charge in [-0.25, -0.2) is 0 Å². The second-order valence-electron chi connectivity index (χ2n) is 5.07. The number of rotatable bonds is 4. The van der Waals surface area contributed by atoms with E-state index in [4.69, 9.17) is 18.0 Å². The SMILES string of the molecule is CCn1cc(NC(=S)Nc2cc(C)cc(C)c2)c(C(N)=O)n1. The summed E-state index contributed by atoms with van der Waals surface area (Å²) in [6, 6.07) is 6.06. The molecule has 1 aromatic carbocycles. The first-order chi connectivity index (χ1) is 10.4. The number of carbonyl (C=O) groups excluding carboxylic acids is 1. The third-order valence-electron chi connectivity index (χ3n) is 3.05. The van der Waals surface area contributed by atoms with Gasteiger partial charge in [0.15, 0.2) is 10.8 Å². The van der Waals surface area contributed by atoms with Crippen LogP contribution in [0.25, 0.3) is 0 Å². The highest BCUT2D eigenvalue weighted by molar-refractivity contribution is 7.80. The Bertz CT molecular complexity index is 702. The number of hydrogen-bond acceptors (Lipinski definition) is 3. The highest BCUT2D eigenvalue weighted by Gasteiger charge is 2.14. The average molecular weight is 317 g/mol. The van der Waals surface area contributed by atoms with Gasteiger partial charge < -0.3 is 16.4 Å². The third kappa shape index (κ3) is 3.82. The summed E-state index contributed by atoms with van der Waals surface area (Å²) in [6.45, 7) is 6.60. The number of amides is 1. The summed E-state index contributed by atoms with van der Waals surface area (Å²) in [4.78, 5) is 11.4. The summed E-state index contributed by atoms with van der Waals surface area (Å²) < 4.78 is 1.63. The molecule has 116 valence electrons. The Balaban J connectivity index is 2.15. The number of thiocarbonyl (C=S) groups is 1. The number of hydrogen-bond donors (Lipinski definition) is 3. The van der Waals surface area contributed by atoms with Gasteiger partial charge in [0.25, 0.3) is 5.91 Å². The van der Waals surface area contributed by atoms with E-state index in [1.165, 1.54) is 0 Å². The first-order valence-electron chi connectivity index (χ1n) is 6.92. The van der Waals surface area contributed by atoms with E-state index < -0.39 is 5.91 Å². The Hall–Kier alpha value is -2.41. The van der Waals surface area contributed by atoms with Crippen molar-refractivity contribution in [2.75, 3.05) is 10.6 Å². The van der Waals surface area contributed by atoms with E-state index in [1.807, 2.05) is 32.9 Å². The molecule has 0 atom stereocenters. The third-order valence-corrected chi connectivity index (χ3v) is 3.25. The van der Waals surface area contributed by atoms with E-state index >= 15 is 0 Å². The van der Waals surface area contributed by atoms with Gasteiger partial charge in [0.05, 0.1) is 5.69 Å². The van der Waals surface area contributed by atoms with Gasteiger partial charge in [0.1, 0.15) is 0 Å². The van der Waals surface area contributed by atoms with Crippen molar-refractivity contribution in [1.82, 2.24) is 9.78 Å². The summed E-state index contributed by atoms with van der Waals surface area (Å²) in [7, 11) is 0. The summed E-state index contributed by atoms with van der Waals surface area (Å²) in [5.74, 6) is -0.594. The molecule has 0 unspecified atom stereocenters. The fourth-order valence-corrected chi connectivity index (χ4v) is 2.42. The maximum atomic E-state index is 11.4. The monoisotopic (exact) mass is 317 g/mol. The number of aromatic nitrogens is 2. The first-order valence-corrected chi connectivity index (χ1v) is 7.33. The van der Waals surface area contributed by atoms with Crippen molar-refractivity contribution in [3.63, 3.8) is 0 Å². The van der Waals surface area contributed by atoms with E-state index in [0.717, 1.165) is 16.8 Å². The van der Waals surface area contributed by atoms with Crippen molar-refractivity contribution >= 4 is 34.6 Å². The molecule has 0 saturated heterocycles. The Morgan fingerprint density at radius 1 is 1.27 bits per heavy atom. The number of anilines is 2. The van der Waals surface area contributed by atoms with Crippen LogP contribution >= 0.6 is 12.2 Å². The summed E-state index contributed by atoms with van der Waals surface area (Å²) >= 11 is 5.28. The van der Waals surface area contributed by atoms with Crippen LogP contribution < -0.4 is 16.4 Å². The average Bonchev–Trinajstić information content (AvgIpc) is 2.80. The number of nitrogens with zero attached hydrogens (tertiary/aromatic N) is 2. The molecule has 1 heterocycles. The zero-order valence-corrected chi connectivity index (χ0v) is 13.6. The molecule has 2 aromatic rings. The fourth-order valence-electron chi connectivity index (χ4n) is 2.19. The number of primary amides is 1. The lowest BCUT2D eigenvalue weighted by Crippen LogP contribution is -2.21. The lowest BCUT2D eigenvalue weighted by atomic mass is 10.1. The molecule has 0 fully saturated rings. The summed E-state index contributed by atoms with van der Waals surface area (Å²) in [6.07, 6.45) is 1.70. The van der Waals surface area contributed by atoms with Gasteiger partial charge in [0, 0.05) is 18.4 Å². The number of carbonyl (C=O) groups is 1. The van der Waals surface area contributed by atoms with Crippen LogP contribution in [-0.4, -0.2) is 20.8 Å². The van der Waals surface area contributed by atoms with E-state index in [0.29, 0.717) is 17.3 Å². The second-order valence-corrected chi connectivity index (χ2v) is 5.48. The Labute approximate surface area is 134 Å². The van der Waals surface area contributed by atoms with Gasteiger partial charge in [-0.15, -0.1) is 0 Å². The predicted octanol–water partition coefficient (Wildman–Crippen LogP) is 2.43. The molecule has 6 nitrogen and oxygen atoms in total. The van der Waals surface area contributed by atoms with Crippen LogP contribution in [0, 0.1) is 13.8 Å². The van der Waals surface area contributed by atoms with E-state index in [9.17, 15) is 4.79 Å². The van der Waals surface area contributed by atoms with Crippen molar-refractivity contribution in [2.24, 2.45) is 5.73 Å². The molecule has 0 aliphatic heterocycles. The molecule has 2 rings (SSSR count). The molecular formula is C15H19N5OS. The largest absolute Gasteiger partial charge is 0.364 e. The molecule has 1 amide bonds. The van der Waals surface area contributed by atoms with Gasteiger partial charge in [0.2, 0.25) is 0 Å². The molecule has 22 heavy (non-hydrogen) atoms. The molecule has 1 aromatic heterocycles. The number of nitrogens with two attached hydrogens (primary N) is 1. The maximum absolute atomic E-state index is 11.4. The van der Waals surface area contributed by atoms with Gasteiger partial charge in [-0.3, -0.25) is 9.48 Å². The minimum Gasteiger partial charge on any atom is -0.364 e. The molecule has 0 aliphatic carbocycles. The lowest BCUT2D eigenvalue weighted by Gasteiger charge is -2.11. The van der Waals surface area contributed by atoms with Gasteiger partial charge in [-0.1, -0.05) is 6.07 Å². The number of nitrogens with one attached hydrogen (secondary N) is 2. The molecule has 0 saturated carbocycles. The second kappa shape index (κ2) is 6.57. The Morgan fingerprint density at radius 3 is 2.45 bits per heavy atom. The van der Waals surface area contributed by atoms with Gasteiger partial charge in [-0.2, -0.15) is 5.10 Å².